The molecule has 0 fully saturated rings. The van der Waals surface area contributed by atoms with Gasteiger partial charge in [0.2, 0.25) is 0 Å². The van der Waals surface area contributed by atoms with Gasteiger partial charge in [-0.3, -0.25) is 4.68 Å². The van der Waals surface area contributed by atoms with Gasteiger partial charge < -0.3 is 9.51 Å². The molecule has 0 aromatic carbocycles. The topological polar surface area (TPSA) is 72.4 Å². The Morgan fingerprint density at radius 2 is 2.22 bits per heavy atom. The van der Waals surface area contributed by atoms with Crippen LogP contribution >= 0.6 is 0 Å². The van der Waals surface area contributed by atoms with Gasteiger partial charge in [-0.25, -0.2) is 9.78 Å². The van der Waals surface area contributed by atoms with E-state index in [-0.39, 0.29) is 5.56 Å². The van der Waals surface area contributed by atoms with Gasteiger partial charge in [-0.1, -0.05) is 0 Å². The molecule has 3 rings (SSSR count). The number of carboxylic acids is 1. The van der Waals surface area contributed by atoms with Crippen molar-refractivity contribution in [1.82, 2.24) is 19.2 Å². The molecule has 0 radical (unpaired) electrons. The summed E-state index contributed by atoms with van der Waals surface area (Å²) in [6, 6.07) is 3.09. The number of aromatic carboxylic acids is 1. The molecule has 0 spiro atoms. The number of aryl methyl sites for hydroxylation is 1. The first-order chi connectivity index (χ1) is 8.63. The maximum atomic E-state index is 10.9. The Morgan fingerprint density at radius 3 is 2.89 bits per heavy atom. The zero-order valence-corrected chi connectivity index (χ0v) is 9.61. The second-order valence-corrected chi connectivity index (χ2v) is 4.01. The van der Waals surface area contributed by atoms with E-state index in [1.807, 2.05) is 19.4 Å². The first kappa shape index (κ1) is 10.5. The SMILES string of the molecule is Cn1cc(-c2cn3ccc(C(=O)O)cc3n2)cn1. The summed E-state index contributed by atoms with van der Waals surface area (Å²) in [5.41, 5.74) is 2.50. The van der Waals surface area contributed by atoms with Gasteiger partial charge in [-0.05, 0) is 12.1 Å². The van der Waals surface area contributed by atoms with E-state index >= 15 is 0 Å². The molecule has 0 atom stereocenters. The van der Waals surface area contributed by atoms with E-state index in [9.17, 15) is 4.79 Å². The van der Waals surface area contributed by atoms with Crippen molar-refractivity contribution < 1.29 is 9.90 Å². The van der Waals surface area contributed by atoms with Crippen molar-refractivity contribution in [2.24, 2.45) is 7.05 Å². The molecule has 0 aliphatic carbocycles. The average Bonchev–Trinajstić information content (AvgIpc) is 2.93. The molecule has 3 heterocycles. The molecule has 0 bridgehead atoms. The zero-order chi connectivity index (χ0) is 12.7. The number of pyridine rings is 1. The Kier molecular flexibility index (Phi) is 2.16. The van der Waals surface area contributed by atoms with Crippen LogP contribution in [0.5, 0.6) is 0 Å². The molecule has 0 aliphatic heterocycles. The summed E-state index contributed by atoms with van der Waals surface area (Å²) >= 11 is 0. The zero-order valence-electron chi connectivity index (χ0n) is 9.61. The van der Waals surface area contributed by atoms with Gasteiger partial charge >= 0.3 is 5.97 Å². The van der Waals surface area contributed by atoms with Crippen LogP contribution in [0.15, 0.2) is 36.9 Å². The second-order valence-electron chi connectivity index (χ2n) is 4.01. The largest absolute Gasteiger partial charge is 0.478 e. The van der Waals surface area contributed by atoms with Crippen molar-refractivity contribution in [2.75, 3.05) is 0 Å². The number of carbonyl (C=O) groups is 1. The van der Waals surface area contributed by atoms with E-state index < -0.39 is 5.97 Å². The minimum Gasteiger partial charge on any atom is -0.478 e. The van der Waals surface area contributed by atoms with Crippen LogP contribution in [0.1, 0.15) is 10.4 Å². The molecular formula is C12H10N4O2. The summed E-state index contributed by atoms with van der Waals surface area (Å²) < 4.78 is 3.48. The molecule has 0 aliphatic rings. The first-order valence-electron chi connectivity index (χ1n) is 5.34. The summed E-state index contributed by atoms with van der Waals surface area (Å²) in [7, 11) is 1.84. The van der Waals surface area contributed by atoms with E-state index in [1.165, 1.54) is 0 Å². The third-order valence-electron chi connectivity index (χ3n) is 2.71. The standard InChI is InChI=1S/C12H10N4O2/c1-15-6-9(5-13-15)10-7-16-3-2-8(12(17)18)4-11(16)14-10/h2-7H,1H3,(H,17,18). The van der Waals surface area contributed by atoms with Crippen molar-refractivity contribution in [3.05, 3.63) is 42.5 Å². The van der Waals surface area contributed by atoms with Gasteiger partial charge in [0.15, 0.2) is 0 Å². The van der Waals surface area contributed by atoms with Gasteiger partial charge in [0, 0.05) is 31.2 Å². The number of carboxylic acid groups (broad SMARTS) is 1. The summed E-state index contributed by atoms with van der Waals surface area (Å²) in [6.07, 6.45) is 7.11. The maximum Gasteiger partial charge on any atom is 0.335 e. The highest BCUT2D eigenvalue weighted by Crippen LogP contribution is 2.18. The Balaban J connectivity index is 2.13. The van der Waals surface area contributed by atoms with Crippen LogP contribution in [0, 0.1) is 0 Å². The molecule has 90 valence electrons. The molecular weight excluding hydrogens is 232 g/mol. The molecule has 6 heteroatoms. The lowest BCUT2D eigenvalue weighted by atomic mass is 10.3. The average molecular weight is 242 g/mol. The van der Waals surface area contributed by atoms with Gasteiger partial charge in [-0.2, -0.15) is 5.10 Å². The van der Waals surface area contributed by atoms with Crippen LogP contribution in [-0.2, 0) is 7.05 Å². The van der Waals surface area contributed by atoms with Crippen molar-refractivity contribution in [2.45, 2.75) is 0 Å². The van der Waals surface area contributed by atoms with E-state index in [1.54, 1.807) is 33.6 Å². The highest BCUT2D eigenvalue weighted by molar-refractivity contribution is 5.88. The lowest BCUT2D eigenvalue weighted by molar-refractivity contribution is 0.0697. The third kappa shape index (κ3) is 1.64. The minimum absolute atomic E-state index is 0.228. The molecule has 6 nitrogen and oxygen atoms in total. The monoisotopic (exact) mass is 242 g/mol. The molecule has 0 amide bonds. The van der Waals surface area contributed by atoms with Crippen molar-refractivity contribution >= 4 is 11.6 Å². The molecule has 1 N–H and O–H groups in total. The highest BCUT2D eigenvalue weighted by atomic mass is 16.4. The molecule has 18 heavy (non-hydrogen) atoms. The fourth-order valence-electron chi connectivity index (χ4n) is 1.81. The fourth-order valence-corrected chi connectivity index (χ4v) is 1.81. The number of imidazole rings is 1. The Morgan fingerprint density at radius 1 is 1.39 bits per heavy atom. The van der Waals surface area contributed by atoms with Crippen LogP contribution in [0.3, 0.4) is 0 Å². The normalized spacial score (nSPS) is 10.9. The van der Waals surface area contributed by atoms with Crippen molar-refractivity contribution in [3.63, 3.8) is 0 Å². The highest BCUT2D eigenvalue weighted by Gasteiger charge is 2.08. The first-order valence-corrected chi connectivity index (χ1v) is 5.34. The molecule has 3 aromatic rings. The predicted octanol–water partition coefficient (Wildman–Crippen LogP) is 1.43. The van der Waals surface area contributed by atoms with E-state index in [2.05, 4.69) is 10.1 Å². The Bertz CT molecular complexity index is 741. The summed E-state index contributed by atoms with van der Waals surface area (Å²) in [5.74, 6) is -0.955. The number of rotatable bonds is 2. The summed E-state index contributed by atoms with van der Waals surface area (Å²) in [4.78, 5) is 15.3. The van der Waals surface area contributed by atoms with Crippen molar-refractivity contribution in [1.29, 1.82) is 0 Å². The predicted molar refractivity (Wildman–Crippen MR) is 64.4 cm³/mol. The van der Waals surface area contributed by atoms with Gasteiger partial charge in [0.1, 0.15) is 5.65 Å². The van der Waals surface area contributed by atoms with Crippen LogP contribution < -0.4 is 0 Å². The second kappa shape index (κ2) is 3.69. The lowest BCUT2D eigenvalue weighted by Crippen LogP contribution is -1.96. The number of fused-ring (bicyclic) bond motifs is 1. The smallest absolute Gasteiger partial charge is 0.335 e. The van der Waals surface area contributed by atoms with E-state index in [4.69, 9.17) is 5.11 Å². The van der Waals surface area contributed by atoms with E-state index in [0.717, 1.165) is 11.3 Å². The Labute approximate surface area is 102 Å². The number of nitrogens with zero attached hydrogens (tertiary/aromatic N) is 4. The molecule has 3 aromatic heterocycles. The summed E-state index contributed by atoms with van der Waals surface area (Å²) in [5, 5.41) is 13.0. The van der Waals surface area contributed by atoms with Gasteiger partial charge in [0.05, 0.1) is 17.5 Å². The fraction of sp³-hybridized carbons (Fsp3) is 0.0833. The molecule has 0 unspecified atom stereocenters. The quantitative estimate of drug-likeness (QED) is 0.737. The Hall–Kier alpha value is -2.63. The molecule has 0 saturated carbocycles. The number of hydrogen-bond acceptors (Lipinski definition) is 3. The van der Waals surface area contributed by atoms with Gasteiger partial charge in [-0.15, -0.1) is 0 Å². The van der Waals surface area contributed by atoms with Crippen LogP contribution in [0.4, 0.5) is 0 Å². The van der Waals surface area contributed by atoms with Crippen LogP contribution in [-0.4, -0.2) is 30.2 Å². The minimum atomic E-state index is -0.955. The van der Waals surface area contributed by atoms with Gasteiger partial charge in [0.25, 0.3) is 0 Å². The maximum absolute atomic E-state index is 10.9. The van der Waals surface area contributed by atoms with Crippen LogP contribution in [0.25, 0.3) is 16.9 Å². The summed E-state index contributed by atoms with van der Waals surface area (Å²) in [6.45, 7) is 0. The number of hydrogen-bond donors (Lipinski definition) is 1. The number of aromatic nitrogens is 4. The lowest BCUT2D eigenvalue weighted by Gasteiger charge is -1.94. The third-order valence-corrected chi connectivity index (χ3v) is 2.71. The van der Waals surface area contributed by atoms with Crippen molar-refractivity contribution in [3.8, 4) is 11.3 Å². The van der Waals surface area contributed by atoms with Crippen LogP contribution in [0.2, 0.25) is 0 Å². The van der Waals surface area contributed by atoms with E-state index in [0.29, 0.717) is 5.65 Å². The molecule has 0 saturated heterocycles.